The first-order chi connectivity index (χ1) is 10.0. The van der Waals surface area contributed by atoms with Gasteiger partial charge < -0.3 is 20.2 Å². The van der Waals surface area contributed by atoms with Crippen LogP contribution in [-0.4, -0.2) is 54.7 Å². The Balaban J connectivity index is 1.96. The fraction of sp³-hybridized carbons (Fsp3) is 0.429. The molecule has 0 radical (unpaired) electrons. The third-order valence-corrected chi connectivity index (χ3v) is 3.63. The van der Waals surface area contributed by atoms with Gasteiger partial charge in [-0.1, -0.05) is 11.6 Å². The summed E-state index contributed by atoms with van der Waals surface area (Å²) in [7, 11) is 1.60. The van der Waals surface area contributed by atoms with Crippen molar-refractivity contribution in [1.82, 2.24) is 10.2 Å². The van der Waals surface area contributed by atoms with Crippen LogP contribution in [0.1, 0.15) is 6.42 Å². The highest BCUT2D eigenvalue weighted by Gasteiger charge is 2.32. The summed E-state index contributed by atoms with van der Waals surface area (Å²) in [6.07, 6.45) is 0.265. The smallest absolute Gasteiger partial charge is 0.317 e. The maximum absolute atomic E-state index is 12.0. The number of nitrogens with zero attached hydrogens (tertiary/aromatic N) is 2. The Morgan fingerprint density at radius 2 is 2.14 bits per heavy atom. The predicted octanol–water partition coefficient (Wildman–Crippen LogP) is 1.08. The van der Waals surface area contributed by atoms with Gasteiger partial charge in [0.1, 0.15) is 0 Å². The van der Waals surface area contributed by atoms with E-state index in [1.54, 1.807) is 36.2 Å². The van der Waals surface area contributed by atoms with Crippen LogP contribution in [-0.2, 0) is 4.79 Å². The molecule has 1 unspecified atom stereocenters. The van der Waals surface area contributed by atoms with Gasteiger partial charge in [-0.25, -0.2) is 4.79 Å². The molecule has 1 atom stereocenters. The van der Waals surface area contributed by atoms with Crippen molar-refractivity contribution in [2.24, 2.45) is 0 Å². The van der Waals surface area contributed by atoms with E-state index in [1.807, 2.05) is 0 Å². The monoisotopic (exact) mass is 311 g/mol. The van der Waals surface area contributed by atoms with Crippen LogP contribution in [0.15, 0.2) is 24.3 Å². The molecule has 21 heavy (non-hydrogen) atoms. The van der Waals surface area contributed by atoms with Crippen LogP contribution in [0.25, 0.3) is 0 Å². The number of urea groups is 1. The van der Waals surface area contributed by atoms with E-state index in [1.165, 1.54) is 4.90 Å². The van der Waals surface area contributed by atoms with E-state index in [4.69, 9.17) is 16.7 Å². The first-order valence-corrected chi connectivity index (χ1v) is 7.07. The average Bonchev–Trinajstić information content (AvgIpc) is 2.80. The maximum atomic E-state index is 12.0. The Labute approximate surface area is 128 Å². The summed E-state index contributed by atoms with van der Waals surface area (Å²) in [6.45, 7) is 0.594. The number of anilines is 1. The zero-order chi connectivity index (χ0) is 15.4. The molecule has 0 aromatic heterocycles. The van der Waals surface area contributed by atoms with Crippen LogP contribution in [0.4, 0.5) is 10.5 Å². The Hall–Kier alpha value is -1.79. The minimum Gasteiger partial charge on any atom is -0.395 e. The molecule has 2 N–H and O–H groups in total. The third-order valence-electron chi connectivity index (χ3n) is 3.37. The molecule has 6 nitrogen and oxygen atoms in total. The highest BCUT2D eigenvalue weighted by Crippen LogP contribution is 2.23. The SMILES string of the molecule is CN(CCO)C(=O)NC1CC(=O)N(c2ccc(Cl)cc2)C1. The zero-order valence-corrected chi connectivity index (χ0v) is 12.5. The molecule has 3 amide bonds. The molecule has 1 saturated heterocycles. The summed E-state index contributed by atoms with van der Waals surface area (Å²) >= 11 is 5.83. The van der Waals surface area contributed by atoms with Crippen LogP contribution < -0.4 is 10.2 Å². The first kappa shape index (κ1) is 15.6. The molecule has 0 spiro atoms. The second-order valence-corrected chi connectivity index (χ2v) is 5.41. The van der Waals surface area contributed by atoms with Crippen LogP contribution in [0.2, 0.25) is 5.02 Å². The number of carbonyl (C=O) groups is 2. The molecule has 1 aromatic carbocycles. The van der Waals surface area contributed by atoms with Crippen LogP contribution in [0.5, 0.6) is 0 Å². The summed E-state index contributed by atoms with van der Waals surface area (Å²) in [4.78, 5) is 26.9. The fourth-order valence-electron chi connectivity index (χ4n) is 2.21. The van der Waals surface area contributed by atoms with Crippen molar-refractivity contribution in [3.63, 3.8) is 0 Å². The minimum absolute atomic E-state index is 0.0348. The summed E-state index contributed by atoms with van der Waals surface area (Å²) < 4.78 is 0. The van der Waals surface area contributed by atoms with E-state index in [2.05, 4.69) is 5.32 Å². The number of benzene rings is 1. The molecule has 7 heteroatoms. The van der Waals surface area contributed by atoms with Crippen LogP contribution in [0.3, 0.4) is 0 Å². The highest BCUT2D eigenvalue weighted by atomic mass is 35.5. The van der Waals surface area contributed by atoms with Gasteiger partial charge in [0.2, 0.25) is 5.91 Å². The number of carbonyl (C=O) groups excluding carboxylic acids is 2. The molecule has 1 fully saturated rings. The van der Waals surface area contributed by atoms with Gasteiger partial charge in [0.15, 0.2) is 0 Å². The lowest BCUT2D eigenvalue weighted by atomic mass is 10.2. The zero-order valence-electron chi connectivity index (χ0n) is 11.8. The van der Waals surface area contributed by atoms with Crippen molar-refractivity contribution in [3.05, 3.63) is 29.3 Å². The van der Waals surface area contributed by atoms with E-state index in [-0.39, 0.29) is 37.6 Å². The van der Waals surface area contributed by atoms with Gasteiger partial charge in [-0.2, -0.15) is 0 Å². The third kappa shape index (κ3) is 3.86. The molecular formula is C14H18ClN3O3. The molecule has 0 aliphatic carbocycles. The van der Waals surface area contributed by atoms with E-state index in [0.717, 1.165) is 5.69 Å². The second-order valence-electron chi connectivity index (χ2n) is 4.98. The number of aliphatic hydroxyl groups is 1. The van der Waals surface area contributed by atoms with E-state index < -0.39 is 0 Å². The lowest BCUT2D eigenvalue weighted by molar-refractivity contribution is -0.117. The standard InChI is InChI=1S/C14H18ClN3O3/c1-17(6-7-19)14(21)16-11-8-13(20)18(9-11)12-4-2-10(15)3-5-12/h2-5,11,19H,6-9H2,1H3,(H,16,21). The van der Waals surface area contributed by atoms with E-state index in [9.17, 15) is 9.59 Å². The Morgan fingerprint density at radius 1 is 1.48 bits per heavy atom. The molecule has 1 aromatic rings. The van der Waals surface area contributed by atoms with Crippen molar-refractivity contribution in [3.8, 4) is 0 Å². The molecule has 1 heterocycles. The number of likely N-dealkylation sites (N-methyl/N-ethyl adjacent to an activating group) is 1. The summed E-state index contributed by atoms with van der Waals surface area (Å²) in [5.41, 5.74) is 0.768. The second kappa shape index (κ2) is 6.78. The molecular weight excluding hydrogens is 294 g/mol. The van der Waals surface area contributed by atoms with Gasteiger partial charge in [-0.05, 0) is 24.3 Å². The Morgan fingerprint density at radius 3 is 2.76 bits per heavy atom. The minimum atomic E-state index is -0.292. The number of aliphatic hydroxyl groups excluding tert-OH is 1. The van der Waals surface area contributed by atoms with Gasteiger partial charge in [-0.15, -0.1) is 0 Å². The molecule has 0 bridgehead atoms. The molecule has 1 aliphatic rings. The Kier molecular flexibility index (Phi) is 5.03. The van der Waals surface area contributed by atoms with Crippen LogP contribution >= 0.6 is 11.6 Å². The van der Waals surface area contributed by atoms with Crippen molar-refractivity contribution in [2.75, 3.05) is 31.6 Å². The average molecular weight is 312 g/mol. The number of amides is 3. The van der Waals surface area contributed by atoms with E-state index in [0.29, 0.717) is 11.6 Å². The van der Waals surface area contributed by atoms with Gasteiger partial charge in [0.25, 0.3) is 0 Å². The number of hydrogen-bond acceptors (Lipinski definition) is 3. The number of nitrogens with one attached hydrogen (secondary N) is 1. The molecule has 1 aliphatic heterocycles. The van der Waals surface area contributed by atoms with E-state index >= 15 is 0 Å². The van der Waals surface area contributed by atoms with Gasteiger partial charge in [-0.3, -0.25) is 4.79 Å². The first-order valence-electron chi connectivity index (χ1n) is 6.69. The molecule has 2 rings (SSSR count). The Bertz CT molecular complexity index is 521. The number of halogens is 1. The fourth-order valence-corrected chi connectivity index (χ4v) is 2.34. The van der Waals surface area contributed by atoms with Crippen LogP contribution in [0, 0.1) is 0 Å². The lowest BCUT2D eigenvalue weighted by Crippen LogP contribution is -2.45. The van der Waals surface area contributed by atoms with Crippen molar-refractivity contribution < 1.29 is 14.7 Å². The molecule has 0 saturated carbocycles. The van der Waals surface area contributed by atoms with Crippen molar-refractivity contribution >= 4 is 29.2 Å². The normalized spacial score (nSPS) is 18.0. The number of hydrogen-bond donors (Lipinski definition) is 2. The van der Waals surface area contributed by atoms with Gasteiger partial charge in [0.05, 0.1) is 12.6 Å². The molecule has 114 valence electrons. The summed E-state index contributed by atoms with van der Waals surface area (Å²) in [5, 5.41) is 12.2. The largest absolute Gasteiger partial charge is 0.395 e. The van der Waals surface area contributed by atoms with Gasteiger partial charge >= 0.3 is 6.03 Å². The van der Waals surface area contributed by atoms with Gasteiger partial charge in [0, 0.05) is 37.3 Å². The van der Waals surface area contributed by atoms with Crippen molar-refractivity contribution in [1.29, 1.82) is 0 Å². The topological polar surface area (TPSA) is 72.9 Å². The quantitative estimate of drug-likeness (QED) is 0.874. The maximum Gasteiger partial charge on any atom is 0.317 e. The van der Waals surface area contributed by atoms with Crippen molar-refractivity contribution in [2.45, 2.75) is 12.5 Å². The lowest BCUT2D eigenvalue weighted by Gasteiger charge is -2.20. The predicted molar refractivity (Wildman–Crippen MR) is 80.5 cm³/mol. The summed E-state index contributed by atoms with van der Waals surface area (Å²) in [6, 6.07) is 6.49. The number of rotatable bonds is 4. The summed E-state index contributed by atoms with van der Waals surface area (Å²) in [5.74, 6) is -0.0348. The highest BCUT2D eigenvalue weighted by molar-refractivity contribution is 6.30.